The zero-order valence-electron chi connectivity index (χ0n) is 5.85. The molecule has 53 valence electrons. The maximum atomic E-state index is 4.74. The Morgan fingerprint density at radius 3 is 2.67 bits per heavy atom. The van der Waals surface area contributed by atoms with Crippen LogP contribution < -0.4 is 0 Å². The van der Waals surface area contributed by atoms with Gasteiger partial charge < -0.3 is 4.74 Å². The van der Waals surface area contributed by atoms with Crippen molar-refractivity contribution in [2.45, 2.75) is 32.6 Å². The van der Waals surface area contributed by atoms with Crippen molar-refractivity contribution in [3.63, 3.8) is 0 Å². The van der Waals surface area contributed by atoms with E-state index in [4.69, 9.17) is 4.74 Å². The number of hydrogen-bond acceptors (Lipinski definition) is 2. The SMILES string of the molecule is CCCCCCO[C]=S. The smallest absolute Gasteiger partial charge is 0.239 e. The first-order valence-corrected chi connectivity index (χ1v) is 3.81. The maximum Gasteiger partial charge on any atom is 0.239 e. The summed E-state index contributed by atoms with van der Waals surface area (Å²) in [5, 5.41) is 0. The zero-order valence-corrected chi connectivity index (χ0v) is 6.67. The lowest BCUT2D eigenvalue weighted by molar-refractivity contribution is 0.313. The van der Waals surface area contributed by atoms with Crippen LogP contribution in [0, 0.1) is 0 Å². The van der Waals surface area contributed by atoms with E-state index in [1.54, 1.807) is 0 Å². The van der Waals surface area contributed by atoms with Crippen LogP contribution in [0.25, 0.3) is 0 Å². The monoisotopic (exact) mass is 145 g/mol. The Bertz CT molecular complexity index is 63.9. The van der Waals surface area contributed by atoms with Crippen molar-refractivity contribution in [3.05, 3.63) is 0 Å². The van der Waals surface area contributed by atoms with Gasteiger partial charge in [-0.25, -0.2) is 0 Å². The predicted octanol–water partition coefficient (Wildman–Crippen LogP) is 2.42. The van der Waals surface area contributed by atoms with Crippen LogP contribution in [-0.2, 0) is 4.74 Å². The van der Waals surface area contributed by atoms with E-state index in [2.05, 4.69) is 24.7 Å². The average Bonchev–Trinajstić information content (AvgIpc) is 1.89. The third kappa shape index (κ3) is 7.89. The summed E-state index contributed by atoms with van der Waals surface area (Å²) in [6, 6.07) is 0. The fourth-order valence-electron chi connectivity index (χ4n) is 0.643. The predicted molar refractivity (Wildman–Crippen MR) is 42.7 cm³/mol. The number of thiocarbonyl (C=S) groups is 1. The summed E-state index contributed by atoms with van der Waals surface area (Å²) in [5.41, 5.74) is 2.23. The lowest BCUT2D eigenvalue weighted by atomic mass is 10.2. The molecule has 0 fully saturated rings. The van der Waals surface area contributed by atoms with Crippen LogP contribution in [-0.4, -0.2) is 12.2 Å². The van der Waals surface area contributed by atoms with Crippen LogP contribution in [0.4, 0.5) is 0 Å². The number of ether oxygens (including phenoxy) is 1. The zero-order chi connectivity index (χ0) is 6.95. The highest BCUT2D eigenvalue weighted by Gasteiger charge is 1.85. The Hall–Kier alpha value is -0.110. The van der Waals surface area contributed by atoms with E-state index >= 15 is 0 Å². The molecule has 0 atom stereocenters. The molecule has 0 aliphatic carbocycles. The summed E-state index contributed by atoms with van der Waals surface area (Å²) in [4.78, 5) is 0. The van der Waals surface area contributed by atoms with Gasteiger partial charge in [0.05, 0.1) is 6.61 Å². The second-order valence-corrected chi connectivity index (χ2v) is 2.16. The molecule has 0 aromatic heterocycles. The highest BCUT2D eigenvalue weighted by atomic mass is 32.1. The van der Waals surface area contributed by atoms with Crippen LogP contribution in [0.15, 0.2) is 0 Å². The second-order valence-electron chi connectivity index (χ2n) is 1.99. The van der Waals surface area contributed by atoms with Gasteiger partial charge in [0.15, 0.2) is 0 Å². The van der Waals surface area contributed by atoms with Crippen molar-refractivity contribution in [2.75, 3.05) is 6.61 Å². The molecule has 0 saturated heterocycles. The Morgan fingerprint density at radius 2 is 2.11 bits per heavy atom. The van der Waals surface area contributed by atoms with Gasteiger partial charge in [0.1, 0.15) is 0 Å². The number of rotatable bonds is 6. The van der Waals surface area contributed by atoms with Gasteiger partial charge in [-0.15, -0.1) is 0 Å². The van der Waals surface area contributed by atoms with Crippen LogP contribution in [0.1, 0.15) is 32.6 Å². The van der Waals surface area contributed by atoms with Crippen molar-refractivity contribution in [3.8, 4) is 0 Å². The van der Waals surface area contributed by atoms with Gasteiger partial charge in [0.2, 0.25) is 5.55 Å². The van der Waals surface area contributed by atoms with E-state index in [1.165, 1.54) is 19.3 Å². The molecule has 0 saturated carbocycles. The summed E-state index contributed by atoms with van der Waals surface area (Å²) in [6.07, 6.45) is 4.91. The first-order valence-electron chi connectivity index (χ1n) is 3.40. The quantitative estimate of drug-likeness (QED) is 0.419. The van der Waals surface area contributed by atoms with Crippen molar-refractivity contribution in [1.82, 2.24) is 0 Å². The molecule has 0 rings (SSSR count). The molecule has 0 amide bonds. The van der Waals surface area contributed by atoms with E-state index < -0.39 is 0 Å². The van der Waals surface area contributed by atoms with Gasteiger partial charge >= 0.3 is 0 Å². The van der Waals surface area contributed by atoms with Gasteiger partial charge in [-0.1, -0.05) is 26.2 Å². The van der Waals surface area contributed by atoms with Gasteiger partial charge in [0.25, 0.3) is 0 Å². The summed E-state index contributed by atoms with van der Waals surface area (Å²) in [6.45, 7) is 2.93. The van der Waals surface area contributed by atoms with Gasteiger partial charge in [-0.3, -0.25) is 0 Å². The van der Waals surface area contributed by atoms with E-state index in [0.29, 0.717) is 0 Å². The molecule has 0 aliphatic rings. The Kier molecular flexibility index (Phi) is 7.79. The Balaban J connectivity index is 2.66. The van der Waals surface area contributed by atoms with E-state index in [0.717, 1.165) is 13.0 Å². The lowest BCUT2D eigenvalue weighted by Gasteiger charge is -1.96. The first-order chi connectivity index (χ1) is 4.41. The Labute approximate surface area is 62.4 Å². The maximum absolute atomic E-state index is 4.74. The van der Waals surface area contributed by atoms with Crippen LogP contribution in [0.5, 0.6) is 0 Å². The molecular formula is C7H13OS. The molecule has 9 heavy (non-hydrogen) atoms. The van der Waals surface area contributed by atoms with Crippen molar-refractivity contribution in [1.29, 1.82) is 0 Å². The molecular weight excluding hydrogens is 132 g/mol. The van der Waals surface area contributed by atoms with Gasteiger partial charge in [0, 0.05) is 0 Å². The van der Waals surface area contributed by atoms with Crippen LogP contribution in [0.3, 0.4) is 0 Å². The first kappa shape index (κ1) is 8.89. The molecule has 0 bridgehead atoms. The largest absolute Gasteiger partial charge is 0.480 e. The molecule has 0 aliphatic heterocycles. The molecule has 1 nitrogen and oxygen atoms in total. The van der Waals surface area contributed by atoms with Crippen molar-refractivity contribution in [2.24, 2.45) is 0 Å². The molecule has 1 radical (unpaired) electrons. The summed E-state index contributed by atoms with van der Waals surface area (Å²) >= 11 is 4.36. The van der Waals surface area contributed by atoms with Crippen molar-refractivity contribution >= 4 is 17.8 Å². The van der Waals surface area contributed by atoms with Gasteiger partial charge in [-0.2, -0.15) is 0 Å². The minimum atomic E-state index is 0.740. The number of hydrogen-bond donors (Lipinski definition) is 0. The molecule has 0 N–H and O–H groups in total. The average molecular weight is 145 g/mol. The third-order valence-corrected chi connectivity index (χ3v) is 1.28. The van der Waals surface area contributed by atoms with Crippen LogP contribution >= 0.6 is 12.2 Å². The number of unbranched alkanes of at least 4 members (excludes halogenated alkanes) is 3. The molecule has 2 heteroatoms. The van der Waals surface area contributed by atoms with E-state index in [1.807, 2.05) is 0 Å². The highest BCUT2D eigenvalue weighted by Crippen LogP contribution is 1.97. The molecule has 0 unspecified atom stereocenters. The molecule has 0 aromatic carbocycles. The Morgan fingerprint density at radius 1 is 1.33 bits per heavy atom. The second kappa shape index (κ2) is 7.89. The summed E-state index contributed by atoms with van der Waals surface area (Å²) < 4.78 is 4.74. The van der Waals surface area contributed by atoms with Crippen molar-refractivity contribution < 1.29 is 4.74 Å². The van der Waals surface area contributed by atoms with E-state index in [9.17, 15) is 0 Å². The fraction of sp³-hybridized carbons (Fsp3) is 0.857. The fourth-order valence-corrected chi connectivity index (χ4v) is 0.726. The topological polar surface area (TPSA) is 9.23 Å². The molecule has 0 heterocycles. The highest BCUT2D eigenvalue weighted by molar-refractivity contribution is 7.78. The van der Waals surface area contributed by atoms with Crippen LogP contribution in [0.2, 0.25) is 0 Å². The minimum Gasteiger partial charge on any atom is -0.480 e. The molecule has 0 aromatic rings. The summed E-state index contributed by atoms with van der Waals surface area (Å²) in [7, 11) is 0. The third-order valence-electron chi connectivity index (χ3n) is 1.16. The standard InChI is InChI=1S/C7H13OS/c1-2-3-4-5-6-8-7-9/h2-6H2,1H3. The summed E-state index contributed by atoms with van der Waals surface area (Å²) in [5.74, 6) is 0. The van der Waals surface area contributed by atoms with E-state index in [-0.39, 0.29) is 0 Å². The lowest BCUT2D eigenvalue weighted by Crippen LogP contribution is -1.89. The minimum absolute atomic E-state index is 0.740. The van der Waals surface area contributed by atoms with Gasteiger partial charge in [-0.05, 0) is 18.6 Å². The molecule has 0 spiro atoms. The normalized spacial score (nSPS) is 9.00.